The van der Waals surface area contributed by atoms with Crippen molar-refractivity contribution in [3.05, 3.63) is 53.3 Å². The topological polar surface area (TPSA) is 93.1 Å². The van der Waals surface area contributed by atoms with Gasteiger partial charge in [-0.25, -0.2) is 0 Å². The standard InChI is InChI=1S/C31H51N3O6/c1-25(2)30-23-33-34(24-30)27(5)28-9-11-29(12-10-28)31(35)32-13-7-6-8-14-36-15-16-37-17-18-38-19-20-39-21-22-40-26(3)4/h9-12,23-27H,6-8,13-22H2,1-5H3,(H,32,35). The molecule has 1 N–H and O–H groups in total. The quantitative estimate of drug-likeness (QED) is 0.191. The van der Waals surface area contributed by atoms with Crippen LogP contribution in [0, 0.1) is 0 Å². The van der Waals surface area contributed by atoms with Crippen LogP contribution in [0.25, 0.3) is 0 Å². The number of aromatic nitrogens is 2. The molecule has 9 nitrogen and oxygen atoms in total. The Morgan fingerprint density at radius 3 is 1.88 bits per heavy atom. The highest BCUT2D eigenvalue weighted by molar-refractivity contribution is 5.94. The van der Waals surface area contributed by atoms with E-state index in [2.05, 4.69) is 37.4 Å². The van der Waals surface area contributed by atoms with Crippen LogP contribution < -0.4 is 5.32 Å². The molecule has 0 saturated carbocycles. The van der Waals surface area contributed by atoms with Gasteiger partial charge in [-0.3, -0.25) is 9.48 Å². The van der Waals surface area contributed by atoms with Crippen molar-refractivity contribution in [1.29, 1.82) is 0 Å². The molecule has 0 aliphatic heterocycles. The molecule has 2 rings (SSSR count). The Bertz CT molecular complexity index is 916. The molecule has 40 heavy (non-hydrogen) atoms. The van der Waals surface area contributed by atoms with Crippen molar-refractivity contribution in [1.82, 2.24) is 15.1 Å². The molecule has 2 aromatic rings. The lowest BCUT2D eigenvalue weighted by Gasteiger charge is -2.13. The summed E-state index contributed by atoms with van der Waals surface area (Å²) in [4.78, 5) is 12.5. The maximum Gasteiger partial charge on any atom is 0.251 e. The summed E-state index contributed by atoms with van der Waals surface area (Å²) in [6, 6.07) is 7.90. The van der Waals surface area contributed by atoms with Gasteiger partial charge in [0.2, 0.25) is 0 Å². The van der Waals surface area contributed by atoms with Crippen molar-refractivity contribution >= 4 is 5.91 Å². The highest BCUT2D eigenvalue weighted by Crippen LogP contribution is 2.21. The minimum Gasteiger partial charge on any atom is -0.379 e. The van der Waals surface area contributed by atoms with Crippen LogP contribution >= 0.6 is 0 Å². The molecule has 0 aliphatic rings. The van der Waals surface area contributed by atoms with Gasteiger partial charge in [-0.05, 0) is 69.2 Å². The predicted octanol–water partition coefficient (Wildman–Crippen LogP) is 5.01. The fourth-order valence-electron chi connectivity index (χ4n) is 3.84. The number of unbranched alkanes of at least 4 members (excludes halogenated alkanes) is 2. The predicted molar refractivity (Wildman–Crippen MR) is 157 cm³/mol. The van der Waals surface area contributed by atoms with Gasteiger partial charge in [0.25, 0.3) is 5.91 Å². The number of nitrogens with one attached hydrogen (secondary N) is 1. The Morgan fingerprint density at radius 2 is 1.32 bits per heavy atom. The van der Waals surface area contributed by atoms with Crippen LogP contribution in [-0.2, 0) is 23.7 Å². The van der Waals surface area contributed by atoms with Crippen LogP contribution in [0.1, 0.15) is 87.3 Å². The van der Waals surface area contributed by atoms with Crippen LogP contribution in [0.4, 0.5) is 0 Å². The molecule has 0 bridgehead atoms. The Morgan fingerprint density at radius 1 is 0.750 bits per heavy atom. The lowest BCUT2D eigenvalue weighted by atomic mass is 10.1. The second-order valence-corrected chi connectivity index (χ2v) is 10.4. The van der Waals surface area contributed by atoms with Crippen molar-refractivity contribution in [3.8, 4) is 0 Å². The average Bonchev–Trinajstić information content (AvgIpc) is 3.44. The molecule has 1 heterocycles. The van der Waals surface area contributed by atoms with E-state index in [1.54, 1.807) is 0 Å². The number of hydrogen-bond donors (Lipinski definition) is 1. The third kappa shape index (κ3) is 14.4. The number of rotatable bonds is 23. The van der Waals surface area contributed by atoms with Gasteiger partial charge < -0.3 is 29.0 Å². The molecular weight excluding hydrogens is 510 g/mol. The molecule has 0 saturated heterocycles. The Labute approximate surface area is 240 Å². The van der Waals surface area contributed by atoms with Gasteiger partial charge in [0, 0.05) is 24.9 Å². The summed E-state index contributed by atoms with van der Waals surface area (Å²) in [6.45, 7) is 16.3. The monoisotopic (exact) mass is 561 g/mol. The van der Waals surface area contributed by atoms with Gasteiger partial charge in [-0.15, -0.1) is 0 Å². The number of carbonyl (C=O) groups is 1. The Kier molecular flexibility index (Phi) is 17.4. The van der Waals surface area contributed by atoms with E-state index in [0.29, 0.717) is 77.5 Å². The second-order valence-electron chi connectivity index (χ2n) is 10.4. The molecule has 1 aromatic heterocycles. The molecule has 1 unspecified atom stereocenters. The van der Waals surface area contributed by atoms with Gasteiger partial charge in [-0.1, -0.05) is 26.0 Å². The zero-order valence-electron chi connectivity index (χ0n) is 25.2. The fraction of sp³-hybridized carbons (Fsp3) is 0.677. The van der Waals surface area contributed by atoms with Crippen LogP contribution in [0.2, 0.25) is 0 Å². The summed E-state index contributed by atoms with van der Waals surface area (Å²) in [5.74, 6) is 0.411. The van der Waals surface area contributed by atoms with Crippen LogP contribution in [0.3, 0.4) is 0 Å². The van der Waals surface area contributed by atoms with E-state index in [9.17, 15) is 4.79 Å². The number of ether oxygens (including phenoxy) is 5. The van der Waals surface area contributed by atoms with Crippen molar-refractivity contribution in [3.63, 3.8) is 0 Å². The maximum absolute atomic E-state index is 12.5. The lowest BCUT2D eigenvalue weighted by Crippen LogP contribution is -2.24. The van der Waals surface area contributed by atoms with E-state index in [-0.39, 0.29) is 18.1 Å². The highest BCUT2D eigenvalue weighted by atomic mass is 16.6. The third-order valence-electron chi connectivity index (χ3n) is 6.39. The number of amides is 1. The molecule has 0 spiro atoms. The highest BCUT2D eigenvalue weighted by Gasteiger charge is 2.12. The van der Waals surface area contributed by atoms with E-state index in [1.165, 1.54) is 5.56 Å². The summed E-state index contributed by atoms with van der Waals surface area (Å²) < 4.78 is 29.4. The van der Waals surface area contributed by atoms with E-state index in [1.807, 2.05) is 49.0 Å². The smallest absolute Gasteiger partial charge is 0.251 e. The zero-order valence-corrected chi connectivity index (χ0v) is 25.2. The minimum atomic E-state index is -0.0403. The summed E-state index contributed by atoms with van der Waals surface area (Å²) in [7, 11) is 0. The first-order chi connectivity index (χ1) is 19.4. The lowest BCUT2D eigenvalue weighted by molar-refractivity contribution is -0.0176. The van der Waals surface area contributed by atoms with E-state index < -0.39 is 0 Å². The summed E-state index contributed by atoms with van der Waals surface area (Å²) in [5.41, 5.74) is 3.02. The van der Waals surface area contributed by atoms with Gasteiger partial charge in [0.1, 0.15) is 0 Å². The van der Waals surface area contributed by atoms with Gasteiger partial charge in [0.05, 0.1) is 71.2 Å². The molecule has 1 aromatic carbocycles. The molecule has 0 fully saturated rings. The zero-order chi connectivity index (χ0) is 29.0. The fourth-order valence-corrected chi connectivity index (χ4v) is 3.84. The Hall–Kier alpha value is -2.30. The summed E-state index contributed by atoms with van der Waals surface area (Å²) in [6.07, 6.45) is 7.13. The van der Waals surface area contributed by atoms with Crippen LogP contribution in [0.5, 0.6) is 0 Å². The van der Waals surface area contributed by atoms with E-state index in [4.69, 9.17) is 23.7 Å². The molecule has 9 heteroatoms. The third-order valence-corrected chi connectivity index (χ3v) is 6.39. The SMILES string of the molecule is CC(C)OCCOCCOCCOCCOCCCCCNC(=O)c1ccc(C(C)n2cc(C(C)C)cn2)cc1. The first-order valence-electron chi connectivity index (χ1n) is 14.7. The summed E-state index contributed by atoms with van der Waals surface area (Å²) >= 11 is 0. The van der Waals surface area contributed by atoms with Crippen molar-refractivity contribution in [2.75, 3.05) is 66.0 Å². The molecular formula is C31H51N3O6. The van der Waals surface area contributed by atoms with Gasteiger partial charge in [0.15, 0.2) is 0 Å². The van der Waals surface area contributed by atoms with Gasteiger partial charge in [-0.2, -0.15) is 5.10 Å². The largest absolute Gasteiger partial charge is 0.379 e. The first kappa shape index (κ1) is 33.9. The normalized spacial score (nSPS) is 12.4. The average molecular weight is 562 g/mol. The maximum atomic E-state index is 12.5. The number of benzene rings is 1. The molecule has 1 atom stereocenters. The van der Waals surface area contributed by atoms with Crippen molar-refractivity contribution < 1.29 is 28.5 Å². The first-order valence-corrected chi connectivity index (χ1v) is 14.7. The van der Waals surface area contributed by atoms with Crippen molar-refractivity contribution in [2.24, 2.45) is 0 Å². The summed E-state index contributed by atoms with van der Waals surface area (Å²) in [5, 5.41) is 7.51. The number of hydrogen-bond acceptors (Lipinski definition) is 7. The van der Waals surface area contributed by atoms with Gasteiger partial charge >= 0.3 is 0 Å². The van der Waals surface area contributed by atoms with Crippen LogP contribution in [-0.4, -0.2) is 87.8 Å². The van der Waals surface area contributed by atoms with E-state index in [0.717, 1.165) is 24.8 Å². The molecule has 1 amide bonds. The minimum absolute atomic E-state index is 0.0403. The Balaban J connectivity index is 1.41. The number of carbonyl (C=O) groups excluding carboxylic acids is 1. The molecule has 0 aliphatic carbocycles. The molecule has 0 radical (unpaired) electrons. The second kappa shape index (κ2) is 20.6. The van der Waals surface area contributed by atoms with E-state index >= 15 is 0 Å². The van der Waals surface area contributed by atoms with Crippen LogP contribution in [0.15, 0.2) is 36.7 Å². The molecule has 226 valence electrons. The number of nitrogens with zero attached hydrogens (tertiary/aromatic N) is 2. The van der Waals surface area contributed by atoms with Crippen molar-refractivity contribution in [2.45, 2.75) is 71.9 Å².